The Morgan fingerprint density at radius 2 is 2.32 bits per heavy atom. The van der Waals surface area contributed by atoms with Crippen LogP contribution in [0.25, 0.3) is 10.6 Å². The third-order valence-corrected chi connectivity index (χ3v) is 5.21. The van der Waals surface area contributed by atoms with Crippen LogP contribution in [0.15, 0.2) is 29.6 Å². The van der Waals surface area contributed by atoms with Gasteiger partial charge in [-0.25, -0.2) is 4.98 Å². The lowest BCUT2D eigenvalue weighted by Crippen LogP contribution is -2.46. The van der Waals surface area contributed by atoms with Crippen LogP contribution in [0.2, 0.25) is 0 Å². The van der Waals surface area contributed by atoms with E-state index in [1.807, 2.05) is 29.6 Å². The highest BCUT2D eigenvalue weighted by Gasteiger charge is 2.29. The number of hydrogen-bond donors (Lipinski definition) is 1. The van der Waals surface area contributed by atoms with Gasteiger partial charge in [0.25, 0.3) is 0 Å². The van der Waals surface area contributed by atoms with E-state index in [1.54, 1.807) is 18.4 Å². The van der Waals surface area contributed by atoms with Gasteiger partial charge in [0.15, 0.2) is 0 Å². The van der Waals surface area contributed by atoms with Crippen molar-refractivity contribution in [1.29, 1.82) is 0 Å². The van der Waals surface area contributed by atoms with Gasteiger partial charge in [0.2, 0.25) is 5.91 Å². The number of carbonyl (C=O) groups excluding carboxylic acids is 1. The standard InChI is InChI=1S/C19H24N2O3S/c1-19(2)11-14(7-8-24-19)20-17(22)10-15-12-25-18(21-15)13-5-4-6-16(9-13)23-3/h4-6,9,12,14H,7-8,10-11H2,1-3H3,(H,20,22). The van der Waals surface area contributed by atoms with E-state index in [-0.39, 0.29) is 17.6 Å². The molecule has 2 aromatic rings. The van der Waals surface area contributed by atoms with Crippen molar-refractivity contribution in [1.82, 2.24) is 10.3 Å². The van der Waals surface area contributed by atoms with Crippen LogP contribution in [0.1, 0.15) is 32.4 Å². The van der Waals surface area contributed by atoms with E-state index >= 15 is 0 Å². The minimum absolute atomic E-state index is 0.0187. The number of carbonyl (C=O) groups is 1. The molecule has 0 radical (unpaired) electrons. The van der Waals surface area contributed by atoms with Crippen LogP contribution in [0.5, 0.6) is 5.75 Å². The molecule has 1 unspecified atom stereocenters. The van der Waals surface area contributed by atoms with Crippen molar-refractivity contribution in [3.63, 3.8) is 0 Å². The highest BCUT2D eigenvalue weighted by molar-refractivity contribution is 7.13. The Balaban J connectivity index is 1.60. The van der Waals surface area contributed by atoms with Crippen LogP contribution in [0, 0.1) is 0 Å². The van der Waals surface area contributed by atoms with Crippen LogP contribution < -0.4 is 10.1 Å². The second-order valence-electron chi connectivity index (χ2n) is 6.92. The Hall–Kier alpha value is -1.92. The third-order valence-electron chi connectivity index (χ3n) is 4.27. The summed E-state index contributed by atoms with van der Waals surface area (Å²) < 4.78 is 10.9. The van der Waals surface area contributed by atoms with Gasteiger partial charge in [-0.1, -0.05) is 12.1 Å². The second-order valence-corrected chi connectivity index (χ2v) is 7.78. The predicted molar refractivity (Wildman–Crippen MR) is 99.0 cm³/mol. The van der Waals surface area contributed by atoms with Crippen molar-refractivity contribution >= 4 is 17.2 Å². The van der Waals surface area contributed by atoms with Gasteiger partial charge in [-0.05, 0) is 38.8 Å². The number of thiazole rings is 1. The predicted octanol–water partition coefficient (Wildman–Crippen LogP) is 3.44. The summed E-state index contributed by atoms with van der Waals surface area (Å²) in [6.45, 7) is 4.81. The summed E-state index contributed by atoms with van der Waals surface area (Å²) in [7, 11) is 1.65. The van der Waals surface area contributed by atoms with Crippen LogP contribution in [0.3, 0.4) is 0 Å². The summed E-state index contributed by atoms with van der Waals surface area (Å²) in [5.74, 6) is 0.819. The summed E-state index contributed by atoms with van der Waals surface area (Å²) >= 11 is 1.54. The first kappa shape index (κ1) is 17.9. The molecule has 0 bridgehead atoms. The van der Waals surface area contributed by atoms with Crippen molar-refractivity contribution < 1.29 is 14.3 Å². The highest BCUT2D eigenvalue weighted by Crippen LogP contribution is 2.27. The van der Waals surface area contributed by atoms with E-state index in [9.17, 15) is 4.79 Å². The number of amides is 1. The number of hydrogen-bond acceptors (Lipinski definition) is 5. The third kappa shape index (κ3) is 4.80. The summed E-state index contributed by atoms with van der Waals surface area (Å²) in [6, 6.07) is 7.96. The van der Waals surface area contributed by atoms with Crippen molar-refractivity contribution in [2.24, 2.45) is 0 Å². The Kier molecular flexibility index (Phi) is 5.39. The zero-order chi connectivity index (χ0) is 17.9. The summed E-state index contributed by atoms with van der Waals surface area (Å²) in [6.07, 6.45) is 2.00. The van der Waals surface area contributed by atoms with Crippen LogP contribution >= 0.6 is 11.3 Å². The van der Waals surface area contributed by atoms with Gasteiger partial charge >= 0.3 is 0 Å². The highest BCUT2D eigenvalue weighted by atomic mass is 32.1. The normalized spacial score (nSPS) is 19.4. The van der Waals surface area contributed by atoms with Crippen LogP contribution in [0.4, 0.5) is 0 Å². The number of nitrogens with one attached hydrogen (secondary N) is 1. The largest absolute Gasteiger partial charge is 0.497 e. The molecule has 1 amide bonds. The van der Waals surface area contributed by atoms with E-state index in [4.69, 9.17) is 9.47 Å². The molecular formula is C19H24N2O3S. The molecule has 1 aromatic heterocycles. The van der Waals surface area contributed by atoms with E-state index in [0.717, 1.165) is 34.9 Å². The van der Waals surface area contributed by atoms with Gasteiger partial charge < -0.3 is 14.8 Å². The number of benzene rings is 1. The molecule has 1 N–H and O–H groups in total. The number of methoxy groups -OCH3 is 1. The molecule has 1 saturated heterocycles. The lowest BCUT2D eigenvalue weighted by molar-refractivity contribution is -0.123. The minimum atomic E-state index is -0.170. The first-order chi connectivity index (χ1) is 11.9. The van der Waals surface area contributed by atoms with E-state index in [0.29, 0.717) is 13.0 Å². The monoisotopic (exact) mass is 360 g/mol. The minimum Gasteiger partial charge on any atom is -0.497 e. The van der Waals surface area contributed by atoms with Crippen LogP contribution in [-0.4, -0.2) is 36.3 Å². The lowest BCUT2D eigenvalue weighted by Gasteiger charge is -2.35. The average Bonchev–Trinajstić information content (AvgIpc) is 3.02. The molecule has 1 aliphatic heterocycles. The van der Waals surface area contributed by atoms with Gasteiger partial charge in [0.1, 0.15) is 10.8 Å². The van der Waals surface area contributed by atoms with Gasteiger partial charge in [-0.3, -0.25) is 4.79 Å². The number of nitrogens with zero attached hydrogens (tertiary/aromatic N) is 1. The number of aromatic nitrogens is 1. The zero-order valence-electron chi connectivity index (χ0n) is 14.9. The molecule has 1 aromatic carbocycles. The lowest BCUT2D eigenvalue weighted by atomic mass is 9.94. The maximum atomic E-state index is 12.3. The van der Waals surface area contributed by atoms with E-state index < -0.39 is 0 Å². The molecule has 3 rings (SSSR count). The number of rotatable bonds is 5. The van der Waals surface area contributed by atoms with E-state index in [2.05, 4.69) is 24.1 Å². The first-order valence-corrected chi connectivity index (χ1v) is 9.35. The molecule has 0 aliphatic carbocycles. The van der Waals surface area contributed by atoms with Gasteiger partial charge in [0, 0.05) is 23.6 Å². The molecule has 0 saturated carbocycles. The zero-order valence-corrected chi connectivity index (χ0v) is 15.7. The summed E-state index contributed by atoms with van der Waals surface area (Å²) in [5.41, 5.74) is 1.63. The van der Waals surface area contributed by atoms with Gasteiger partial charge in [0.05, 0.1) is 24.8 Å². The molecule has 1 atom stereocenters. The smallest absolute Gasteiger partial charge is 0.226 e. The Labute approximate surface area is 152 Å². The maximum Gasteiger partial charge on any atom is 0.226 e. The SMILES string of the molecule is COc1cccc(-c2nc(CC(=O)NC3CCOC(C)(C)C3)cs2)c1. The molecule has 25 heavy (non-hydrogen) atoms. The van der Waals surface area contributed by atoms with Crippen molar-refractivity contribution in [2.45, 2.75) is 44.8 Å². The molecule has 1 fully saturated rings. The molecule has 2 heterocycles. The Morgan fingerprint density at radius 3 is 3.08 bits per heavy atom. The first-order valence-electron chi connectivity index (χ1n) is 8.47. The molecule has 134 valence electrons. The van der Waals surface area contributed by atoms with E-state index in [1.165, 1.54) is 0 Å². The molecule has 0 spiro atoms. The average molecular weight is 360 g/mol. The summed E-state index contributed by atoms with van der Waals surface area (Å²) in [5, 5.41) is 5.96. The van der Waals surface area contributed by atoms with Crippen molar-refractivity contribution in [2.75, 3.05) is 13.7 Å². The fourth-order valence-electron chi connectivity index (χ4n) is 3.08. The van der Waals surface area contributed by atoms with Crippen molar-refractivity contribution in [3.05, 3.63) is 35.3 Å². The summed E-state index contributed by atoms with van der Waals surface area (Å²) in [4.78, 5) is 16.9. The molecule has 1 aliphatic rings. The topological polar surface area (TPSA) is 60.5 Å². The maximum absolute atomic E-state index is 12.3. The van der Waals surface area contributed by atoms with Gasteiger partial charge in [-0.15, -0.1) is 11.3 Å². The Bertz CT molecular complexity index is 742. The molecular weight excluding hydrogens is 336 g/mol. The molecule has 5 nitrogen and oxygen atoms in total. The molecule has 6 heteroatoms. The number of ether oxygens (including phenoxy) is 2. The van der Waals surface area contributed by atoms with Crippen molar-refractivity contribution in [3.8, 4) is 16.3 Å². The Morgan fingerprint density at radius 1 is 1.48 bits per heavy atom. The second kappa shape index (κ2) is 7.54. The van der Waals surface area contributed by atoms with Crippen LogP contribution in [-0.2, 0) is 16.0 Å². The fourth-order valence-corrected chi connectivity index (χ4v) is 3.89. The quantitative estimate of drug-likeness (QED) is 0.887. The fraction of sp³-hybridized carbons (Fsp3) is 0.474. The van der Waals surface area contributed by atoms with Gasteiger partial charge in [-0.2, -0.15) is 0 Å².